The molecule has 0 radical (unpaired) electrons. The lowest BCUT2D eigenvalue weighted by atomic mass is 10.1. The predicted molar refractivity (Wildman–Crippen MR) is 68.5 cm³/mol. The molecule has 0 unspecified atom stereocenters. The standard InChI is InChI=1S/C11H9Cl2N3O/c1-17-10-5-9(15-11(14)16-10)6-2-7(12)4-8(13)3-6/h2-5H,1H3,(H2,14,15,16). The van der Waals surface area contributed by atoms with Gasteiger partial charge in [0.2, 0.25) is 11.8 Å². The average Bonchev–Trinajstić information content (AvgIpc) is 2.26. The number of nitrogens with two attached hydrogens (primary N) is 1. The third-order valence-corrected chi connectivity index (χ3v) is 2.52. The van der Waals surface area contributed by atoms with Crippen molar-refractivity contribution in [2.45, 2.75) is 0 Å². The quantitative estimate of drug-likeness (QED) is 0.911. The van der Waals surface area contributed by atoms with Crippen molar-refractivity contribution in [3.63, 3.8) is 0 Å². The van der Waals surface area contributed by atoms with E-state index in [0.29, 0.717) is 21.6 Å². The highest BCUT2D eigenvalue weighted by Gasteiger charge is 2.07. The van der Waals surface area contributed by atoms with Crippen molar-refractivity contribution in [3.05, 3.63) is 34.3 Å². The van der Waals surface area contributed by atoms with Crippen molar-refractivity contribution < 1.29 is 4.74 Å². The zero-order valence-electron chi connectivity index (χ0n) is 8.95. The maximum atomic E-state index is 5.92. The van der Waals surface area contributed by atoms with E-state index in [4.69, 9.17) is 33.7 Å². The summed E-state index contributed by atoms with van der Waals surface area (Å²) in [5.41, 5.74) is 6.95. The van der Waals surface area contributed by atoms with Gasteiger partial charge >= 0.3 is 0 Å². The van der Waals surface area contributed by atoms with E-state index in [-0.39, 0.29) is 5.95 Å². The first-order valence-corrected chi connectivity index (χ1v) is 5.49. The van der Waals surface area contributed by atoms with E-state index in [1.54, 1.807) is 24.3 Å². The molecule has 1 aromatic carbocycles. The number of benzene rings is 1. The summed E-state index contributed by atoms with van der Waals surface area (Å²) in [6.45, 7) is 0. The molecule has 17 heavy (non-hydrogen) atoms. The Morgan fingerprint density at radius 3 is 2.29 bits per heavy atom. The Morgan fingerprint density at radius 1 is 1.06 bits per heavy atom. The van der Waals surface area contributed by atoms with Crippen LogP contribution < -0.4 is 10.5 Å². The third kappa shape index (κ3) is 2.78. The van der Waals surface area contributed by atoms with Gasteiger partial charge in [0.25, 0.3) is 0 Å². The summed E-state index contributed by atoms with van der Waals surface area (Å²) < 4.78 is 5.02. The molecular weight excluding hydrogens is 261 g/mol. The Labute approximate surface area is 108 Å². The van der Waals surface area contributed by atoms with Crippen LogP contribution in [0, 0.1) is 0 Å². The number of hydrogen-bond donors (Lipinski definition) is 1. The minimum absolute atomic E-state index is 0.135. The van der Waals surface area contributed by atoms with Gasteiger partial charge in [-0.3, -0.25) is 0 Å². The van der Waals surface area contributed by atoms with E-state index in [1.807, 2.05) is 0 Å². The number of rotatable bonds is 2. The molecule has 1 aromatic heterocycles. The Morgan fingerprint density at radius 2 is 1.71 bits per heavy atom. The van der Waals surface area contributed by atoms with Crippen molar-refractivity contribution in [3.8, 4) is 17.1 Å². The van der Waals surface area contributed by atoms with Crippen molar-refractivity contribution >= 4 is 29.2 Å². The van der Waals surface area contributed by atoms with E-state index in [9.17, 15) is 0 Å². The van der Waals surface area contributed by atoms with Crippen LogP contribution in [0.4, 0.5) is 5.95 Å². The molecule has 0 saturated heterocycles. The van der Waals surface area contributed by atoms with Crippen LogP contribution in [-0.2, 0) is 0 Å². The van der Waals surface area contributed by atoms with E-state index in [2.05, 4.69) is 9.97 Å². The molecular formula is C11H9Cl2N3O. The van der Waals surface area contributed by atoms with Crippen LogP contribution in [0.2, 0.25) is 10.0 Å². The van der Waals surface area contributed by atoms with Crippen LogP contribution in [0.15, 0.2) is 24.3 Å². The number of ether oxygens (including phenoxy) is 1. The molecule has 88 valence electrons. The lowest BCUT2D eigenvalue weighted by Crippen LogP contribution is -1.99. The molecule has 4 nitrogen and oxygen atoms in total. The second kappa shape index (κ2) is 4.77. The van der Waals surface area contributed by atoms with Gasteiger partial charge in [-0.05, 0) is 18.2 Å². The highest BCUT2D eigenvalue weighted by Crippen LogP contribution is 2.27. The van der Waals surface area contributed by atoms with Gasteiger partial charge < -0.3 is 10.5 Å². The van der Waals surface area contributed by atoms with Gasteiger partial charge in [-0.2, -0.15) is 4.98 Å². The summed E-state index contributed by atoms with van der Waals surface area (Å²) in [5.74, 6) is 0.527. The van der Waals surface area contributed by atoms with E-state index in [1.165, 1.54) is 7.11 Å². The molecule has 0 aliphatic rings. The van der Waals surface area contributed by atoms with Crippen molar-refractivity contribution in [2.24, 2.45) is 0 Å². The molecule has 6 heteroatoms. The first-order chi connectivity index (χ1) is 8.08. The number of hydrogen-bond acceptors (Lipinski definition) is 4. The summed E-state index contributed by atoms with van der Waals surface area (Å²) >= 11 is 11.8. The molecule has 0 spiro atoms. The minimum Gasteiger partial charge on any atom is -0.481 e. The molecule has 2 aromatic rings. The topological polar surface area (TPSA) is 61.0 Å². The second-order valence-corrected chi connectivity index (χ2v) is 4.18. The lowest BCUT2D eigenvalue weighted by molar-refractivity contribution is 0.398. The minimum atomic E-state index is 0.135. The van der Waals surface area contributed by atoms with Crippen LogP contribution in [0.25, 0.3) is 11.3 Å². The molecule has 0 aliphatic carbocycles. The van der Waals surface area contributed by atoms with E-state index < -0.39 is 0 Å². The van der Waals surface area contributed by atoms with Crippen molar-refractivity contribution in [2.75, 3.05) is 12.8 Å². The smallest absolute Gasteiger partial charge is 0.223 e. The van der Waals surface area contributed by atoms with Crippen molar-refractivity contribution in [1.29, 1.82) is 0 Å². The highest BCUT2D eigenvalue weighted by atomic mass is 35.5. The zero-order valence-corrected chi connectivity index (χ0v) is 10.5. The Kier molecular flexibility index (Phi) is 3.36. The summed E-state index contributed by atoms with van der Waals surface area (Å²) in [6, 6.07) is 6.80. The summed E-state index contributed by atoms with van der Waals surface area (Å²) in [4.78, 5) is 8.00. The molecule has 0 bridgehead atoms. The SMILES string of the molecule is COc1cc(-c2cc(Cl)cc(Cl)c2)nc(N)n1. The summed E-state index contributed by atoms with van der Waals surface area (Å²) in [6.07, 6.45) is 0. The lowest BCUT2D eigenvalue weighted by Gasteiger charge is -2.06. The van der Waals surface area contributed by atoms with Crippen LogP contribution in [0.5, 0.6) is 5.88 Å². The number of aromatic nitrogens is 2. The first-order valence-electron chi connectivity index (χ1n) is 4.73. The maximum absolute atomic E-state index is 5.92. The monoisotopic (exact) mass is 269 g/mol. The molecule has 0 amide bonds. The van der Waals surface area contributed by atoms with Gasteiger partial charge in [0.05, 0.1) is 12.8 Å². The maximum Gasteiger partial charge on any atom is 0.223 e. The van der Waals surface area contributed by atoms with E-state index in [0.717, 1.165) is 5.56 Å². The zero-order chi connectivity index (χ0) is 12.4. The largest absolute Gasteiger partial charge is 0.481 e. The first kappa shape index (κ1) is 12.0. The number of nitrogen functional groups attached to an aromatic ring is 1. The summed E-state index contributed by atoms with van der Waals surface area (Å²) in [5, 5.41) is 1.06. The second-order valence-electron chi connectivity index (χ2n) is 3.31. The number of methoxy groups -OCH3 is 1. The normalized spacial score (nSPS) is 10.3. The number of nitrogens with zero attached hydrogens (tertiary/aromatic N) is 2. The molecule has 2 N–H and O–H groups in total. The Bertz CT molecular complexity index is 540. The fourth-order valence-corrected chi connectivity index (χ4v) is 1.92. The van der Waals surface area contributed by atoms with Gasteiger partial charge in [-0.25, -0.2) is 4.98 Å². The molecule has 2 rings (SSSR count). The van der Waals surface area contributed by atoms with E-state index >= 15 is 0 Å². The van der Waals surface area contributed by atoms with Gasteiger partial charge in [-0.1, -0.05) is 23.2 Å². The molecule has 1 heterocycles. The third-order valence-electron chi connectivity index (χ3n) is 2.09. The van der Waals surface area contributed by atoms with Crippen LogP contribution in [-0.4, -0.2) is 17.1 Å². The van der Waals surface area contributed by atoms with Gasteiger partial charge in [0.1, 0.15) is 0 Å². The number of anilines is 1. The van der Waals surface area contributed by atoms with Gasteiger partial charge in [-0.15, -0.1) is 0 Å². The number of halogens is 2. The average molecular weight is 270 g/mol. The Balaban J connectivity index is 2.55. The van der Waals surface area contributed by atoms with Gasteiger partial charge in [0.15, 0.2) is 0 Å². The van der Waals surface area contributed by atoms with Crippen LogP contribution >= 0.6 is 23.2 Å². The fourth-order valence-electron chi connectivity index (χ4n) is 1.40. The van der Waals surface area contributed by atoms with Crippen LogP contribution in [0.3, 0.4) is 0 Å². The fraction of sp³-hybridized carbons (Fsp3) is 0.0909. The molecule has 0 aliphatic heterocycles. The van der Waals surface area contributed by atoms with Crippen LogP contribution in [0.1, 0.15) is 0 Å². The molecule has 0 saturated carbocycles. The highest BCUT2D eigenvalue weighted by molar-refractivity contribution is 6.35. The summed E-state index contributed by atoms with van der Waals surface area (Å²) in [7, 11) is 1.51. The van der Waals surface area contributed by atoms with Crippen molar-refractivity contribution in [1.82, 2.24) is 9.97 Å². The molecule has 0 atom stereocenters. The Hall–Kier alpha value is -1.52. The van der Waals surface area contributed by atoms with Gasteiger partial charge in [0, 0.05) is 21.7 Å². The molecule has 0 fully saturated rings. The predicted octanol–water partition coefficient (Wildman–Crippen LogP) is 3.04.